The smallest absolute Gasteiger partial charge is 0.255 e. The summed E-state index contributed by atoms with van der Waals surface area (Å²) in [7, 11) is -3.52. The Balaban J connectivity index is 1.88. The van der Waals surface area contributed by atoms with Gasteiger partial charge >= 0.3 is 0 Å². The van der Waals surface area contributed by atoms with Crippen molar-refractivity contribution in [1.29, 1.82) is 0 Å². The Morgan fingerprint density at radius 1 is 1.12 bits per heavy atom. The quantitative estimate of drug-likeness (QED) is 0.695. The van der Waals surface area contributed by atoms with Crippen LogP contribution in [0, 0.1) is 10.5 Å². The van der Waals surface area contributed by atoms with Crippen molar-refractivity contribution < 1.29 is 13.2 Å². The van der Waals surface area contributed by atoms with Gasteiger partial charge in [-0.25, -0.2) is 8.42 Å². The number of sulfonamides is 1. The molecular formula is C18H19IN2O3S. The number of rotatable bonds is 4. The molecule has 0 unspecified atom stereocenters. The van der Waals surface area contributed by atoms with E-state index in [0.717, 1.165) is 16.4 Å². The molecule has 0 radical (unpaired) electrons. The Morgan fingerprint density at radius 2 is 1.84 bits per heavy atom. The first-order valence-electron chi connectivity index (χ1n) is 8.05. The van der Waals surface area contributed by atoms with Gasteiger partial charge in [-0.3, -0.25) is 4.79 Å². The predicted molar refractivity (Wildman–Crippen MR) is 106 cm³/mol. The zero-order chi connectivity index (χ0) is 18.0. The molecule has 1 N–H and O–H groups in total. The molecule has 1 amide bonds. The van der Waals surface area contributed by atoms with Crippen molar-refractivity contribution >= 4 is 44.2 Å². The van der Waals surface area contributed by atoms with Gasteiger partial charge in [-0.15, -0.1) is 0 Å². The molecule has 1 saturated heterocycles. The second kappa shape index (κ2) is 7.43. The summed E-state index contributed by atoms with van der Waals surface area (Å²) in [6.07, 6.45) is 1.78. The molecule has 7 heteroatoms. The first-order valence-corrected chi connectivity index (χ1v) is 10.6. The van der Waals surface area contributed by atoms with Gasteiger partial charge in [0, 0.05) is 27.9 Å². The number of carbonyl (C=O) groups excluding carboxylic acids is 1. The molecule has 2 aromatic rings. The van der Waals surface area contributed by atoms with Crippen molar-refractivity contribution in [1.82, 2.24) is 4.31 Å². The topological polar surface area (TPSA) is 66.5 Å². The number of nitrogens with zero attached hydrogens (tertiary/aromatic N) is 1. The van der Waals surface area contributed by atoms with Gasteiger partial charge < -0.3 is 5.32 Å². The number of amides is 1. The van der Waals surface area contributed by atoms with E-state index in [1.165, 1.54) is 4.31 Å². The highest BCUT2D eigenvalue weighted by molar-refractivity contribution is 14.1. The van der Waals surface area contributed by atoms with Gasteiger partial charge in [-0.1, -0.05) is 12.1 Å². The second-order valence-corrected chi connectivity index (χ2v) is 9.21. The lowest BCUT2D eigenvalue weighted by atomic mass is 10.2. The molecule has 1 fully saturated rings. The molecule has 0 atom stereocenters. The third kappa shape index (κ3) is 4.04. The summed E-state index contributed by atoms with van der Waals surface area (Å²) in [6, 6.07) is 12.2. The molecule has 2 aromatic carbocycles. The first kappa shape index (κ1) is 18.3. The fraction of sp³-hybridized carbons (Fsp3) is 0.278. The Bertz CT molecular complexity index is 906. The maximum absolute atomic E-state index is 12.8. The molecule has 5 nitrogen and oxygen atoms in total. The van der Waals surface area contributed by atoms with Crippen molar-refractivity contribution in [2.75, 3.05) is 18.4 Å². The summed E-state index contributed by atoms with van der Waals surface area (Å²) in [5.74, 6) is -0.258. The average Bonchev–Trinajstić information content (AvgIpc) is 3.12. The van der Waals surface area contributed by atoms with Crippen LogP contribution < -0.4 is 5.32 Å². The molecule has 0 aromatic heterocycles. The lowest BCUT2D eigenvalue weighted by Crippen LogP contribution is -2.28. The number of aryl methyl sites for hydroxylation is 1. The van der Waals surface area contributed by atoms with Crippen LogP contribution in [-0.4, -0.2) is 31.7 Å². The number of anilines is 1. The normalized spacial score (nSPS) is 15.3. The average molecular weight is 470 g/mol. The fourth-order valence-electron chi connectivity index (χ4n) is 2.86. The van der Waals surface area contributed by atoms with Gasteiger partial charge in [0.1, 0.15) is 0 Å². The Kier molecular flexibility index (Phi) is 5.45. The highest BCUT2D eigenvalue weighted by atomic mass is 127. The number of hydrogen-bond donors (Lipinski definition) is 1. The monoisotopic (exact) mass is 470 g/mol. The van der Waals surface area contributed by atoms with Crippen LogP contribution in [0.3, 0.4) is 0 Å². The SMILES string of the molecule is Cc1ccc(NC(=O)c2cccc(I)c2)cc1S(=O)(=O)N1CCCC1. The Hall–Kier alpha value is -1.45. The van der Waals surface area contributed by atoms with E-state index in [9.17, 15) is 13.2 Å². The van der Waals surface area contributed by atoms with Crippen LogP contribution >= 0.6 is 22.6 Å². The van der Waals surface area contributed by atoms with Crippen LogP contribution in [-0.2, 0) is 10.0 Å². The molecule has 1 heterocycles. The number of nitrogens with one attached hydrogen (secondary N) is 1. The van der Waals surface area contributed by atoms with E-state index in [4.69, 9.17) is 0 Å². The number of hydrogen-bond acceptors (Lipinski definition) is 3. The molecule has 3 rings (SSSR count). The molecule has 0 spiro atoms. The third-order valence-electron chi connectivity index (χ3n) is 4.22. The summed E-state index contributed by atoms with van der Waals surface area (Å²) in [5, 5.41) is 2.79. The lowest BCUT2D eigenvalue weighted by molar-refractivity contribution is 0.102. The second-order valence-electron chi connectivity index (χ2n) is 6.06. The first-order chi connectivity index (χ1) is 11.9. The van der Waals surface area contributed by atoms with Crippen molar-refractivity contribution in [2.24, 2.45) is 0 Å². The minimum atomic E-state index is -3.52. The van der Waals surface area contributed by atoms with Gasteiger partial charge in [-0.2, -0.15) is 4.31 Å². The van der Waals surface area contributed by atoms with E-state index in [2.05, 4.69) is 27.9 Å². The molecule has 25 heavy (non-hydrogen) atoms. The van der Waals surface area contributed by atoms with Gasteiger partial charge in [-0.05, 0) is 78.3 Å². The van der Waals surface area contributed by atoms with E-state index in [0.29, 0.717) is 29.9 Å². The van der Waals surface area contributed by atoms with Gasteiger partial charge in [0.2, 0.25) is 10.0 Å². The van der Waals surface area contributed by atoms with Crippen LogP contribution in [0.4, 0.5) is 5.69 Å². The highest BCUT2D eigenvalue weighted by Gasteiger charge is 2.28. The minimum absolute atomic E-state index is 0.258. The van der Waals surface area contributed by atoms with Crippen LogP contribution in [0.5, 0.6) is 0 Å². The van der Waals surface area contributed by atoms with E-state index in [1.807, 2.05) is 12.1 Å². The van der Waals surface area contributed by atoms with Crippen molar-refractivity contribution in [3.05, 3.63) is 57.2 Å². The highest BCUT2D eigenvalue weighted by Crippen LogP contribution is 2.26. The van der Waals surface area contributed by atoms with Crippen LogP contribution in [0.2, 0.25) is 0 Å². The molecular weight excluding hydrogens is 451 g/mol. The number of carbonyl (C=O) groups is 1. The van der Waals surface area contributed by atoms with E-state index < -0.39 is 10.0 Å². The maximum atomic E-state index is 12.8. The summed E-state index contributed by atoms with van der Waals surface area (Å²) < 4.78 is 28.1. The van der Waals surface area contributed by atoms with Gasteiger partial charge in [0.15, 0.2) is 0 Å². The predicted octanol–water partition coefficient (Wildman–Crippen LogP) is 3.64. The van der Waals surface area contributed by atoms with E-state index in [-0.39, 0.29) is 10.8 Å². The van der Waals surface area contributed by atoms with Crippen LogP contribution in [0.15, 0.2) is 47.4 Å². The summed E-state index contributed by atoms with van der Waals surface area (Å²) in [4.78, 5) is 12.7. The van der Waals surface area contributed by atoms with Crippen LogP contribution in [0.25, 0.3) is 0 Å². The molecule has 0 bridgehead atoms. The molecule has 0 aliphatic carbocycles. The molecule has 1 aliphatic heterocycles. The minimum Gasteiger partial charge on any atom is -0.322 e. The van der Waals surface area contributed by atoms with Crippen molar-refractivity contribution in [3.8, 4) is 0 Å². The largest absolute Gasteiger partial charge is 0.322 e. The summed E-state index contributed by atoms with van der Waals surface area (Å²) in [6.45, 7) is 2.88. The standard InChI is InChI=1S/C18H19IN2O3S/c1-13-7-8-16(20-18(22)14-5-4-6-15(19)11-14)12-17(13)25(23,24)21-9-2-3-10-21/h4-8,11-12H,2-3,9-10H2,1H3,(H,20,22). The number of halogens is 1. The third-order valence-corrected chi connectivity index (χ3v) is 6.93. The molecule has 132 valence electrons. The Morgan fingerprint density at radius 3 is 2.52 bits per heavy atom. The van der Waals surface area contributed by atoms with Crippen LogP contribution in [0.1, 0.15) is 28.8 Å². The summed E-state index contributed by atoms with van der Waals surface area (Å²) in [5.41, 5.74) is 1.70. The van der Waals surface area contributed by atoms with Gasteiger partial charge in [0.25, 0.3) is 5.91 Å². The zero-order valence-corrected chi connectivity index (χ0v) is 16.8. The molecule has 0 saturated carbocycles. The van der Waals surface area contributed by atoms with E-state index in [1.54, 1.807) is 37.3 Å². The van der Waals surface area contributed by atoms with E-state index >= 15 is 0 Å². The van der Waals surface area contributed by atoms with Crippen molar-refractivity contribution in [2.45, 2.75) is 24.7 Å². The maximum Gasteiger partial charge on any atom is 0.255 e. The lowest BCUT2D eigenvalue weighted by Gasteiger charge is -2.18. The van der Waals surface area contributed by atoms with Crippen molar-refractivity contribution in [3.63, 3.8) is 0 Å². The Labute approximate surface area is 161 Å². The fourth-order valence-corrected chi connectivity index (χ4v) is 5.17. The molecule has 1 aliphatic rings. The zero-order valence-electron chi connectivity index (χ0n) is 13.8. The number of benzene rings is 2. The summed E-state index contributed by atoms with van der Waals surface area (Å²) >= 11 is 2.15. The van der Waals surface area contributed by atoms with Gasteiger partial charge in [0.05, 0.1) is 4.90 Å².